The Kier molecular flexibility index (Phi) is 8.51. The number of rotatable bonds is 10. The van der Waals surface area contributed by atoms with Gasteiger partial charge in [-0.2, -0.15) is 0 Å². The summed E-state index contributed by atoms with van der Waals surface area (Å²) in [7, 11) is 0. The number of hydrogen-bond donors (Lipinski definition) is 2. The quantitative estimate of drug-likeness (QED) is 0.188. The van der Waals surface area contributed by atoms with Gasteiger partial charge in [-0.15, -0.1) is 0 Å². The number of nitrogens with one attached hydrogen (secondary N) is 2. The number of ether oxygens (including phenoxy) is 1. The molecular weight excluding hydrogens is 434 g/mol. The number of non-ortho nitro benzene ring substituents is 1. The van der Waals surface area contributed by atoms with Crippen molar-refractivity contribution < 1.29 is 19.2 Å². The summed E-state index contributed by atoms with van der Waals surface area (Å²) >= 11 is 0. The zero-order chi connectivity index (χ0) is 24.3. The van der Waals surface area contributed by atoms with Crippen LogP contribution in [-0.4, -0.2) is 23.3 Å². The molecule has 0 radical (unpaired) electrons. The highest BCUT2D eigenvalue weighted by atomic mass is 16.6. The van der Waals surface area contributed by atoms with E-state index >= 15 is 0 Å². The zero-order valence-electron chi connectivity index (χ0n) is 18.7. The highest BCUT2D eigenvalue weighted by Gasteiger charge is 2.16. The standard InChI is InChI=1S/C26H25N3O5/c1-2-3-16-34-23-14-12-20(13-15-23)25(30)28-24(26(31)27-21-9-5-4-6-10-21)18-19-8-7-11-22(17-19)29(32)33/h4-15,17-18H,2-3,16H2,1H3,(H,27,31)(H,28,30)/b24-18+. The molecule has 0 atom stereocenters. The number of unbranched alkanes of at least 4 members (excludes halogenated alkanes) is 1. The van der Waals surface area contributed by atoms with E-state index in [1.165, 1.54) is 24.3 Å². The summed E-state index contributed by atoms with van der Waals surface area (Å²) < 4.78 is 5.61. The summed E-state index contributed by atoms with van der Waals surface area (Å²) in [6.07, 6.45) is 3.35. The number of carbonyl (C=O) groups is 2. The van der Waals surface area contributed by atoms with Crippen LogP contribution in [-0.2, 0) is 4.79 Å². The summed E-state index contributed by atoms with van der Waals surface area (Å²) in [6, 6.07) is 21.2. The number of para-hydroxylation sites is 1. The minimum Gasteiger partial charge on any atom is -0.494 e. The van der Waals surface area contributed by atoms with E-state index in [0.29, 0.717) is 29.2 Å². The lowest BCUT2D eigenvalue weighted by molar-refractivity contribution is -0.384. The maximum Gasteiger partial charge on any atom is 0.272 e. The Morgan fingerprint density at radius 3 is 2.41 bits per heavy atom. The lowest BCUT2D eigenvalue weighted by Crippen LogP contribution is -2.30. The molecule has 3 rings (SSSR count). The zero-order valence-corrected chi connectivity index (χ0v) is 18.7. The minimum absolute atomic E-state index is 0.0578. The van der Waals surface area contributed by atoms with Crippen LogP contribution in [0.3, 0.4) is 0 Å². The molecule has 0 heterocycles. The van der Waals surface area contributed by atoms with Gasteiger partial charge in [0.25, 0.3) is 17.5 Å². The lowest BCUT2D eigenvalue weighted by atomic mass is 10.1. The van der Waals surface area contributed by atoms with E-state index in [1.54, 1.807) is 54.6 Å². The molecule has 0 aromatic heterocycles. The Labute approximate surface area is 197 Å². The molecule has 0 aliphatic carbocycles. The molecule has 8 heteroatoms. The summed E-state index contributed by atoms with van der Waals surface area (Å²) in [5, 5.41) is 16.5. The van der Waals surface area contributed by atoms with Crippen molar-refractivity contribution in [1.82, 2.24) is 5.32 Å². The van der Waals surface area contributed by atoms with Gasteiger partial charge in [0.15, 0.2) is 0 Å². The molecule has 0 aliphatic rings. The van der Waals surface area contributed by atoms with Crippen molar-refractivity contribution in [2.24, 2.45) is 0 Å². The number of nitro groups is 1. The highest BCUT2D eigenvalue weighted by molar-refractivity contribution is 6.10. The van der Waals surface area contributed by atoms with Gasteiger partial charge in [0.05, 0.1) is 11.5 Å². The predicted molar refractivity (Wildman–Crippen MR) is 130 cm³/mol. The number of hydrogen-bond acceptors (Lipinski definition) is 5. The second-order valence-corrected chi connectivity index (χ2v) is 7.41. The lowest BCUT2D eigenvalue weighted by Gasteiger charge is -2.12. The average Bonchev–Trinajstić information content (AvgIpc) is 2.85. The molecule has 0 saturated carbocycles. The fourth-order valence-electron chi connectivity index (χ4n) is 3.00. The molecule has 2 amide bonds. The summed E-state index contributed by atoms with van der Waals surface area (Å²) in [6.45, 7) is 2.67. The Morgan fingerprint density at radius 1 is 1.00 bits per heavy atom. The summed E-state index contributed by atoms with van der Waals surface area (Å²) in [5.41, 5.74) is 1.09. The van der Waals surface area contributed by atoms with Gasteiger partial charge < -0.3 is 15.4 Å². The number of nitro benzene ring substituents is 1. The van der Waals surface area contributed by atoms with Crippen LogP contribution < -0.4 is 15.4 Å². The highest BCUT2D eigenvalue weighted by Crippen LogP contribution is 2.17. The van der Waals surface area contributed by atoms with Gasteiger partial charge in [0.1, 0.15) is 11.4 Å². The molecule has 3 aromatic carbocycles. The SMILES string of the molecule is CCCCOc1ccc(C(=O)N/C(=C/c2cccc([N+](=O)[O-])c2)C(=O)Nc2ccccc2)cc1. The Morgan fingerprint density at radius 2 is 1.74 bits per heavy atom. The minimum atomic E-state index is -0.564. The van der Waals surface area contributed by atoms with Gasteiger partial charge in [0, 0.05) is 23.4 Å². The number of amides is 2. The third kappa shape index (κ3) is 7.03. The van der Waals surface area contributed by atoms with E-state index in [4.69, 9.17) is 4.74 Å². The molecular formula is C26H25N3O5. The molecule has 0 spiro atoms. The van der Waals surface area contributed by atoms with Gasteiger partial charge in [-0.05, 0) is 54.5 Å². The molecule has 0 bridgehead atoms. The van der Waals surface area contributed by atoms with E-state index in [-0.39, 0.29) is 11.4 Å². The van der Waals surface area contributed by atoms with Crippen molar-refractivity contribution in [1.29, 1.82) is 0 Å². The summed E-state index contributed by atoms with van der Waals surface area (Å²) in [5.74, 6) is -0.412. The van der Waals surface area contributed by atoms with Crippen LogP contribution in [0.15, 0.2) is 84.6 Å². The first-order valence-electron chi connectivity index (χ1n) is 10.8. The van der Waals surface area contributed by atoms with Crippen LogP contribution in [0, 0.1) is 10.1 Å². The average molecular weight is 460 g/mol. The fourth-order valence-corrected chi connectivity index (χ4v) is 3.00. The predicted octanol–water partition coefficient (Wildman–Crippen LogP) is 5.18. The van der Waals surface area contributed by atoms with Crippen molar-refractivity contribution >= 4 is 29.3 Å². The molecule has 2 N–H and O–H groups in total. The van der Waals surface area contributed by atoms with Gasteiger partial charge in [-0.3, -0.25) is 19.7 Å². The van der Waals surface area contributed by atoms with E-state index in [9.17, 15) is 19.7 Å². The van der Waals surface area contributed by atoms with E-state index in [2.05, 4.69) is 17.6 Å². The van der Waals surface area contributed by atoms with Crippen molar-refractivity contribution in [3.05, 3.63) is 106 Å². The van der Waals surface area contributed by atoms with Crippen molar-refractivity contribution in [2.45, 2.75) is 19.8 Å². The van der Waals surface area contributed by atoms with Crippen LogP contribution >= 0.6 is 0 Å². The van der Waals surface area contributed by atoms with Crippen LogP contribution in [0.4, 0.5) is 11.4 Å². The molecule has 174 valence electrons. The first-order chi connectivity index (χ1) is 16.5. The molecule has 0 fully saturated rings. The molecule has 34 heavy (non-hydrogen) atoms. The van der Waals surface area contributed by atoms with E-state index < -0.39 is 16.7 Å². The van der Waals surface area contributed by atoms with Crippen LogP contribution in [0.1, 0.15) is 35.7 Å². The normalized spacial score (nSPS) is 10.9. The maximum absolute atomic E-state index is 13.0. The van der Waals surface area contributed by atoms with Gasteiger partial charge in [-0.25, -0.2) is 0 Å². The van der Waals surface area contributed by atoms with Crippen LogP contribution in [0.5, 0.6) is 5.75 Å². The number of nitrogens with zero attached hydrogens (tertiary/aromatic N) is 1. The molecule has 8 nitrogen and oxygen atoms in total. The van der Waals surface area contributed by atoms with Gasteiger partial charge >= 0.3 is 0 Å². The summed E-state index contributed by atoms with van der Waals surface area (Å²) in [4.78, 5) is 36.4. The molecule has 0 saturated heterocycles. The first-order valence-corrected chi connectivity index (χ1v) is 10.8. The third-order valence-electron chi connectivity index (χ3n) is 4.80. The topological polar surface area (TPSA) is 111 Å². The van der Waals surface area contributed by atoms with Crippen molar-refractivity contribution in [2.75, 3.05) is 11.9 Å². The Bertz CT molecular complexity index is 1170. The van der Waals surface area contributed by atoms with Crippen molar-refractivity contribution in [3.63, 3.8) is 0 Å². The van der Waals surface area contributed by atoms with Crippen LogP contribution in [0.25, 0.3) is 6.08 Å². The Balaban J connectivity index is 1.83. The Hall–Kier alpha value is -4.46. The molecule has 0 aliphatic heterocycles. The van der Waals surface area contributed by atoms with Gasteiger partial charge in [0.2, 0.25) is 0 Å². The van der Waals surface area contributed by atoms with E-state index in [0.717, 1.165) is 12.8 Å². The van der Waals surface area contributed by atoms with Gasteiger partial charge in [-0.1, -0.05) is 43.7 Å². The largest absolute Gasteiger partial charge is 0.494 e. The monoisotopic (exact) mass is 459 g/mol. The third-order valence-corrected chi connectivity index (χ3v) is 4.80. The second-order valence-electron chi connectivity index (χ2n) is 7.41. The van der Waals surface area contributed by atoms with E-state index in [1.807, 2.05) is 6.07 Å². The maximum atomic E-state index is 13.0. The smallest absolute Gasteiger partial charge is 0.272 e. The molecule has 0 unspecified atom stereocenters. The number of carbonyl (C=O) groups excluding carboxylic acids is 2. The number of benzene rings is 3. The molecule has 3 aromatic rings. The number of anilines is 1. The fraction of sp³-hybridized carbons (Fsp3) is 0.154. The first kappa shape index (κ1) is 24.2. The van der Waals surface area contributed by atoms with Crippen molar-refractivity contribution in [3.8, 4) is 5.75 Å². The van der Waals surface area contributed by atoms with Crippen LogP contribution in [0.2, 0.25) is 0 Å². The second kappa shape index (κ2) is 12.0.